The van der Waals surface area contributed by atoms with E-state index in [4.69, 9.17) is 5.11 Å². The molecule has 0 aliphatic heterocycles. The predicted octanol–water partition coefficient (Wildman–Crippen LogP) is 3.83. The van der Waals surface area contributed by atoms with Gasteiger partial charge in [0.05, 0.1) is 5.92 Å². The summed E-state index contributed by atoms with van der Waals surface area (Å²) in [5.74, 6) is 0.820. The molecule has 0 aromatic rings. The fourth-order valence-corrected chi connectivity index (χ4v) is 4.28. The van der Waals surface area contributed by atoms with Crippen LogP contribution in [0.4, 0.5) is 0 Å². The Morgan fingerprint density at radius 1 is 1.00 bits per heavy atom. The van der Waals surface area contributed by atoms with Crippen LogP contribution in [0.3, 0.4) is 0 Å². The smallest absolute Gasteiger partial charge is 0.306 e. The van der Waals surface area contributed by atoms with E-state index in [1.807, 2.05) is 0 Å². The molecule has 0 bridgehead atoms. The average molecular weight is 289 g/mol. The van der Waals surface area contributed by atoms with Crippen molar-refractivity contribution in [2.75, 3.05) is 0 Å². The Morgan fingerprint density at radius 3 is 2.25 bits per heavy atom. The Kier molecular flexibility index (Phi) is 4.28. The minimum atomic E-state index is -0.573. The molecule has 2 aliphatic rings. The van der Waals surface area contributed by atoms with Crippen LogP contribution in [0, 0.1) is 17.8 Å². The molecule has 16 heavy (non-hydrogen) atoms. The second-order valence-electron chi connectivity index (χ2n) is 5.49. The lowest BCUT2D eigenvalue weighted by atomic mass is 9.70. The third-order valence-corrected chi connectivity index (χ3v) is 5.21. The summed E-state index contributed by atoms with van der Waals surface area (Å²) in [5.41, 5.74) is 0. The lowest BCUT2D eigenvalue weighted by Gasteiger charge is -2.36. The van der Waals surface area contributed by atoms with Crippen molar-refractivity contribution in [3.05, 3.63) is 0 Å². The summed E-state index contributed by atoms with van der Waals surface area (Å²) in [5, 5.41) is 9.10. The molecular formula is C13H21BrO2. The molecule has 0 aromatic heterocycles. The Morgan fingerprint density at radius 2 is 1.62 bits per heavy atom. The molecular weight excluding hydrogens is 268 g/mol. The van der Waals surface area contributed by atoms with E-state index in [9.17, 15) is 4.79 Å². The van der Waals surface area contributed by atoms with Gasteiger partial charge in [-0.2, -0.15) is 0 Å². The fourth-order valence-electron chi connectivity index (χ4n) is 3.47. The number of halogens is 1. The highest BCUT2D eigenvalue weighted by atomic mass is 79.9. The Balaban J connectivity index is 1.90. The molecule has 0 spiro atoms. The summed E-state index contributed by atoms with van der Waals surface area (Å²) in [6.07, 6.45) is 9.39. The molecule has 4 unspecified atom stereocenters. The van der Waals surface area contributed by atoms with Gasteiger partial charge in [-0.05, 0) is 37.5 Å². The number of rotatable bonds is 2. The molecule has 4 atom stereocenters. The number of hydrogen-bond donors (Lipinski definition) is 1. The van der Waals surface area contributed by atoms with E-state index in [1.165, 1.54) is 32.1 Å². The quantitative estimate of drug-likeness (QED) is 0.784. The van der Waals surface area contributed by atoms with Gasteiger partial charge in [0.25, 0.3) is 0 Å². The number of hydrogen-bond acceptors (Lipinski definition) is 1. The second kappa shape index (κ2) is 5.52. The van der Waals surface area contributed by atoms with Crippen LogP contribution in [0.5, 0.6) is 0 Å². The van der Waals surface area contributed by atoms with Crippen molar-refractivity contribution >= 4 is 21.9 Å². The molecule has 2 aliphatic carbocycles. The van der Waals surface area contributed by atoms with E-state index in [0.29, 0.717) is 10.7 Å². The third-order valence-electron chi connectivity index (χ3n) is 4.38. The van der Waals surface area contributed by atoms with Gasteiger partial charge in [0.1, 0.15) is 0 Å². The Hall–Kier alpha value is -0.0500. The largest absolute Gasteiger partial charge is 0.481 e. The van der Waals surface area contributed by atoms with Gasteiger partial charge in [0, 0.05) is 4.83 Å². The van der Waals surface area contributed by atoms with Crippen molar-refractivity contribution < 1.29 is 9.90 Å². The molecule has 2 saturated carbocycles. The predicted molar refractivity (Wildman–Crippen MR) is 67.8 cm³/mol. The molecule has 1 N–H and O–H groups in total. The molecule has 2 nitrogen and oxygen atoms in total. The standard InChI is InChI=1S/C13H21BrO2/c14-12-6-2-4-10(8-12)9-3-1-5-11(7-9)13(15)16/h9-12H,1-8H2,(H,15,16). The van der Waals surface area contributed by atoms with Crippen molar-refractivity contribution in [2.24, 2.45) is 17.8 Å². The van der Waals surface area contributed by atoms with Crippen molar-refractivity contribution in [1.82, 2.24) is 0 Å². The highest BCUT2D eigenvalue weighted by molar-refractivity contribution is 9.09. The highest BCUT2D eigenvalue weighted by Gasteiger charge is 2.33. The number of carbonyl (C=O) groups is 1. The fraction of sp³-hybridized carbons (Fsp3) is 0.923. The van der Waals surface area contributed by atoms with Crippen molar-refractivity contribution in [3.8, 4) is 0 Å². The lowest BCUT2D eigenvalue weighted by molar-refractivity contribution is -0.143. The number of aliphatic carboxylic acids is 1. The average Bonchev–Trinajstić information content (AvgIpc) is 2.29. The van der Waals surface area contributed by atoms with Crippen LogP contribution in [0.2, 0.25) is 0 Å². The van der Waals surface area contributed by atoms with Crippen molar-refractivity contribution in [3.63, 3.8) is 0 Å². The first-order valence-corrected chi connectivity index (χ1v) is 7.45. The van der Waals surface area contributed by atoms with Crippen LogP contribution in [-0.2, 0) is 4.79 Å². The minimum Gasteiger partial charge on any atom is -0.481 e. The van der Waals surface area contributed by atoms with E-state index < -0.39 is 5.97 Å². The van der Waals surface area contributed by atoms with Gasteiger partial charge < -0.3 is 5.11 Å². The first kappa shape index (κ1) is 12.4. The van der Waals surface area contributed by atoms with Crippen molar-refractivity contribution in [2.45, 2.75) is 56.2 Å². The van der Waals surface area contributed by atoms with Gasteiger partial charge in [-0.25, -0.2) is 0 Å². The summed E-state index contributed by atoms with van der Waals surface area (Å²) in [4.78, 5) is 11.7. The molecule has 2 rings (SSSR count). The molecule has 92 valence electrons. The molecule has 3 heteroatoms. The summed E-state index contributed by atoms with van der Waals surface area (Å²) in [7, 11) is 0. The molecule has 0 aromatic carbocycles. The van der Waals surface area contributed by atoms with E-state index >= 15 is 0 Å². The Bertz CT molecular complexity index is 254. The van der Waals surface area contributed by atoms with E-state index in [2.05, 4.69) is 15.9 Å². The van der Waals surface area contributed by atoms with E-state index in [-0.39, 0.29) is 5.92 Å². The number of alkyl halides is 1. The van der Waals surface area contributed by atoms with Crippen LogP contribution in [0.15, 0.2) is 0 Å². The monoisotopic (exact) mass is 288 g/mol. The van der Waals surface area contributed by atoms with Crippen LogP contribution >= 0.6 is 15.9 Å². The van der Waals surface area contributed by atoms with Crippen LogP contribution < -0.4 is 0 Å². The van der Waals surface area contributed by atoms with Crippen LogP contribution in [0.1, 0.15) is 51.4 Å². The molecule has 0 saturated heterocycles. The van der Waals surface area contributed by atoms with E-state index in [1.54, 1.807) is 0 Å². The van der Waals surface area contributed by atoms with Gasteiger partial charge in [-0.1, -0.05) is 41.6 Å². The van der Waals surface area contributed by atoms with Crippen LogP contribution in [0.25, 0.3) is 0 Å². The zero-order valence-corrected chi connectivity index (χ0v) is 11.3. The maximum absolute atomic E-state index is 11.0. The number of carboxylic acids is 1. The SMILES string of the molecule is O=C(O)C1CCCC(C2CCCC(Br)C2)C1. The molecule has 0 heterocycles. The number of carboxylic acid groups (broad SMARTS) is 1. The lowest BCUT2D eigenvalue weighted by Crippen LogP contribution is -2.30. The normalized spacial score (nSPS) is 40.6. The molecule has 2 fully saturated rings. The second-order valence-corrected chi connectivity index (χ2v) is 6.78. The summed E-state index contributed by atoms with van der Waals surface area (Å²) in [6.45, 7) is 0. The Labute approximate surface area is 106 Å². The van der Waals surface area contributed by atoms with E-state index in [0.717, 1.165) is 25.2 Å². The van der Waals surface area contributed by atoms with Gasteiger partial charge in [0.15, 0.2) is 0 Å². The first-order valence-electron chi connectivity index (χ1n) is 6.53. The summed E-state index contributed by atoms with van der Waals surface area (Å²) >= 11 is 3.72. The minimum absolute atomic E-state index is 0.0607. The van der Waals surface area contributed by atoms with Gasteiger partial charge >= 0.3 is 5.97 Å². The van der Waals surface area contributed by atoms with Gasteiger partial charge in [-0.3, -0.25) is 4.79 Å². The maximum atomic E-state index is 11.0. The van der Waals surface area contributed by atoms with Crippen molar-refractivity contribution in [1.29, 1.82) is 0 Å². The summed E-state index contributed by atoms with van der Waals surface area (Å²) in [6, 6.07) is 0. The van der Waals surface area contributed by atoms with Gasteiger partial charge in [0.2, 0.25) is 0 Å². The molecule has 0 amide bonds. The summed E-state index contributed by atoms with van der Waals surface area (Å²) < 4.78 is 0. The zero-order valence-electron chi connectivity index (χ0n) is 9.70. The first-order chi connectivity index (χ1) is 7.66. The van der Waals surface area contributed by atoms with Gasteiger partial charge in [-0.15, -0.1) is 0 Å². The van der Waals surface area contributed by atoms with Crippen LogP contribution in [-0.4, -0.2) is 15.9 Å². The highest BCUT2D eigenvalue weighted by Crippen LogP contribution is 2.41. The maximum Gasteiger partial charge on any atom is 0.306 e. The zero-order chi connectivity index (χ0) is 11.5. The molecule has 0 radical (unpaired) electrons. The topological polar surface area (TPSA) is 37.3 Å². The third kappa shape index (κ3) is 2.99.